The Bertz CT molecular complexity index is 620. The molecule has 2 nitrogen and oxygen atoms in total. The highest BCUT2D eigenvalue weighted by Gasteiger charge is 2.51. The Balaban J connectivity index is 0.00000312. The topological polar surface area (TPSA) is 35.2 Å². The van der Waals surface area contributed by atoms with Gasteiger partial charge in [0.1, 0.15) is 5.60 Å². The van der Waals surface area contributed by atoms with Crippen molar-refractivity contribution in [3.63, 3.8) is 0 Å². The normalized spacial score (nSPS) is 22.1. The Hall–Kier alpha value is -1.30. The maximum Gasteiger partial charge on any atom is 0.523 e. The molecule has 140 valence electrons. The molecular weight excluding hydrogens is 351 g/mol. The zero-order chi connectivity index (χ0) is 18.0. The smallest absolute Gasteiger partial charge is 0.327 e. The summed E-state index contributed by atoms with van der Waals surface area (Å²) in [6, 6.07) is 9.23. The monoisotopic (exact) mass is 375 g/mol. The fraction of sp³-hybridized carbons (Fsp3) is 0.474. The standard InChI is InChI=1S/C19H24F3NO.ClH/c1-17(2,3)16(15-7-5-4-6-8-15)18(24-19(20,21)22)11-9-14(13-23)10-12-18;/h4-11,16H,12-13,23H2,1-3H3;1H. The summed E-state index contributed by atoms with van der Waals surface area (Å²) in [5.74, 6) is -0.473. The number of alkyl halides is 3. The average Bonchev–Trinajstić information content (AvgIpc) is 2.46. The number of nitrogens with two attached hydrogens (primary N) is 1. The second-order valence-electron chi connectivity index (χ2n) is 7.23. The van der Waals surface area contributed by atoms with Gasteiger partial charge in [-0.3, -0.25) is 4.74 Å². The number of halogens is 4. The van der Waals surface area contributed by atoms with E-state index in [9.17, 15) is 13.2 Å². The number of rotatable bonds is 4. The van der Waals surface area contributed by atoms with Gasteiger partial charge in [-0.25, -0.2) is 0 Å². The summed E-state index contributed by atoms with van der Waals surface area (Å²) in [5.41, 5.74) is 5.32. The molecule has 0 spiro atoms. The minimum Gasteiger partial charge on any atom is -0.327 e. The van der Waals surface area contributed by atoms with Crippen LogP contribution in [-0.2, 0) is 4.74 Å². The molecule has 0 heterocycles. The minimum atomic E-state index is -4.73. The van der Waals surface area contributed by atoms with Crippen molar-refractivity contribution >= 4 is 12.4 Å². The lowest BCUT2D eigenvalue weighted by Crippen LogP contribution is -2.47. The summed E-state index contributed by atoms with van der Waals surface area (Å²) in [5, 5.41) is 0. The predicted octanol–water partition coefficient (Wildman–Crippen LogP) is 5.36. The number of hydrogen-bond acceptors (Lipinski definition) is 2. The van der Waals surface area contributed by atoms with Crippen molar-refractivity contribution < 1.29 is 17.9 Å². The van der Waals surface area contributed by atoms with Crippen LogP contribution in [-0.4, -0.2) is 18.5 Å². The first kappa shape index (κ1) is 21.7. The van der Waals surface area contributed by atoms with Gasteiger partial charge in [0.2, 0.25) is 0 Å². The van der Waals surface area contributed by atoms with Crippen molar-refractivity contribution in [2.75, 3.05) is 6.54 Å². The second-order valence-corrected chi connectivity index (χ2v) is 7.23. The highest BCUT2D eigenvalue weighted by Crippen LogP contribution is 2.50. The Morgan fingerprint density at radius 1 is 1.16 bits per heavy atom. The summed E-state index contributed by atoms with van der Waals surface area (Å²) >= 11 is 0. The first-order valence-corrected chi connectivity index (χ1v) is 7.97. The largest absolute Gasteiger partial charge is 0.523 e. The van der Waals surface area contributed by atoms with Crippen LogP contribution in [0.1, 0.15) is 38.7 Å². The van der Waals surface area contributed by atoms with Crippen LogP contribution in [0, 0.1) is 5.41 Å². The molecule has 2 N–H and O–H groups in total. The molecule has 0 saturated heterocycles. The Morgan fingerprint density at radius 2 is 1.76 bits per heavy atom. The van der Waals surface area contributed by atoms with Crippen molar-refractivity contribution in [2.24, 2.45) is 11.1 Å². The van der Waals surface area contributed by atoms with Crippen molar-refractivity contribution in [3.05, 3.63) is 59.7 Å². The molecular formula is C19H25ClF3NO. The molecule has 0 aliphatic heterocycles. The van der Waals surface area contributed by atoms with Crippen LogP contribution in [0.2, 0.25) is 0 Å². The third-order valence-corrected chi connectivity index (χ3v) is 4.29. The van der Waals surface area contributed by atoms with E-state index in [0.29, 0.717) is 6.54 Å². The van der Waals surface area contributed by atoms with Gasteiger partial charge in [0.25, 0.3) is 0 Å². The van der Waals surface area contributed by atoms with Crippen LogP contribution in [0.3, 0.4) is 0 Å². The van der Waals surface area contributed by atoms with Gasteiger partial charge in [-0.15, -0.1) is 25.6 Å². The molecule has 0 amide bonds. The van der Waals surface area contributed by atoms with E-state index in [4.69, 9.17) is 10.5 Å². The van der Waals surface area contributed by atoms with E-state index in [0.717, 1.165) is 11.1 Å². The van der Waals surface area contributed by atoms with Crippen LogP contribution in [0.15, 0.2) is 54.1 Å². The Kier molecular flexibility index (Phi) is 6.90. The van der Waals surface area contributed by atoms with Gasteiger partial charge in [-0.05, 0) is 23.0 Å². The number of hydrogen-bond donors (Lipinski definition) is 1. The zero-order valence-electron chi connectivity index (χ0n) is 14.6. The molecule has 0 saturated carbocycles. The molecule has 1 aliphatic carbocycles. The van der Waals surface area contributed by atoms with Crippen molar-refractivity contribution in [2.45, 2.75) is 45.1 Å². The fourth-order valence-corrected chi connectivity index (χ4v) is 3.55. The van der Waals surface area contributed by atoms with E-state index in [1.807, 2.05) is 51.1 Å². The van der Waals surface area contributed by atoms with E-state index in [1.54, 1.807) is 12.2 Å². The highest BCUT2D eigenvalue weighted by atomic mass is 35.5. The van der Waals surface area contributed by atoms with Crippen LogP contribution < -0.4 is 5.73 Å². The molecule has 6 heteroatoms. The lowest BCUT2D eigenvalue weighted by atomic mass is 9.64. The van der Waals surface area contributed by atoms with E-state index in [2.05, 4.69) is 0 Å². The predicted molar refractivity (Wildman–Crippen MR) is 96.7 cm³/mol. The first-order valence-electron chi connectivity index (χ1n) is 7.97. The van der Waals surface area contributed by atoms with Gasteiger partial charge in [-0.1, -0.05) is 69.3 Å². The van der Waals surface area contributed by atoms with Gasteiger partial charge < -0.3 is 5.73 Å². The lowest BCUT2D eigenvalue weighted by molar-refractivity contribution is -0.364. The summed E-state index contributed by atoms with van der Waals surface area (Å²) in [6.07, 6.45) is 0.332. The van der Waals surface area contributed by atoms with E-state index >= 15 is 0 Å². The third kappa shape index (κ3) is 5.33. The summed E-state index contributed by atoms with van der Waals surface area (Å²) in [7, 11) is 0. The second kappa shape index (κ2) is 7.94. The van der Waals surface area contributed by atoms with Crippen LogP contribution in [0.5, 0.6) is 0 Å². The number of benzene rings is 1. The van der Waals surface area contributed by atoms with E-state index < -0.39 is 23.3 Å². The van der Waals surface area contributed by atoms with Gasteiger partial charge >= 0.3 is 6.36 Å². The van der Waals surface area contributed by atoms with Crippen LogP contribution >= 0.6 is 12.4 Å². The molecule has 0 bridgehead atoms. The Morgan fingerprint density at radius 3 is 2.16 bits per heavy atom. The quantitative estimate of drug-likeness (QED) is 0.769. The first-order chi connectivity index (χ1) is 11.1. The maximum absolute atomic E-state index is 13.2. The van der Waals surface area contributed by atoms with Crippen molar-refractivity contribution in [3.8, 4) is 0 Å². The average molecular weight is 376 g/mol. The van der Waals surface area contributed by atoms with Crippen LogP contribution in [0.25, 0.3) is 0 Å². The van der Waals surface area contributed by atoms with E-state index in [1.165, 1.54) is 6.08 Å². The van der Waals surface area contributed by atoms with Gasteiger partial charge in [0, 0.05) is 12.5 Å². The maximum atomic E-state index is 13.2. The highest BCUT2D eigenvalue weighted by molar-refractivity contribution is 5.85. The summed E-state index contributed by atoms with van der Waals surface area (Å²) < 4.78 is 44.4. The summed E-state index contributed by atoms with van der Waals surface area (Å²) in [4.78, 5) is 0. The molecule has 0 aromatic heterocycles. The lowest BCUT2D eigenvalue weighted by Gasteiger charge is -2.46. The molecule has 2 unspecified atom stereocenters. The molecule has 1 aromatic rings. The SMILES string of the molecule is CC(C)(C)C(c1ccccc1)C1(OC(F)(F)F)C=CC(CN)=CC1.Cl. The fourth-order valence-electron chi connectivity index (χ4n) is 3.55. The zero-order valence-corrected chi connectivity index (χ0v) is 15.5. The molecule has 2 rings (SSSR count). The van der Waals surface area contributed by atoms with Crippen molar-refractivity contribution in [1.29, 1.82) is 0 Å². The van der Waals surface area contributed by atoms with Gasteiger partial charge in [0.05, 0.1) is 0 Å². The molecule has 0 fully saturated rings. The third-order valence-electron chi connectivity index (χ3n) is 4.29. The molecule has 1 aliphatic rings. The van der Waals surface area contributed by atoms with E-state index in [-0.39, 0.29) is 18.8 Å². The van der Waals surface area contributed by atoms with Crippen LogP contribution in [0.4, 0.5) is 13.2 Å². The molecule has 25 heavy (non-hydrogen) atoms. The molecule has 2 atom stereocenters. The van der Waals surface area contributed by atoms with Crippen molar-refractivity contribution in [1.82, 2.24) is 0 Å². The Labute approximate surface area is 153 Å². The molecule has 0 radical (unpaired) electrons. The molecule has 1 aromatic carbocycles. The minimum absolute atomic E-state index is 0. The summed E-state index contributed by atoms with van der Waals surface area (Å²) in [6.45, 7) is 6.09. The number of ether oxygens (including phenoxy) is 1. The van der Waals surface area contributed by atoms with Gasteiger partial charge in [0.15, 0.2) is 0 Å². The van der Waals surface area contributed by atoms with Gasteiger partial charge in [-0.2, -0.15) is 0 Å².